The van der Waals surface area contributed by atoms with Crippen LogP contribution in [-0.4, -0.2) is 19.9 Å². The van der Waals surface area contributed by atoms with Crippen molar-refractivity contribution >= 4 is 21.6 Å². The Morgan fingerprint density at radius 2 is 2.21 bits per heavy atom. The average Bonchev–Trinajstić information content (AvgIpc) is 2.14. The Hall–Kier alpha value is -1.03. The van der Waals surface area contributed by atoms with Gasteiger partial charge in [-0.25, -0.2) is 0 Å². The van der Waals surface area contributed by atoms with Crippen molar-refractivity contribution in [3.05, 3.63) is 33.7 Å². The predicted octanol–water partition coefficient (Wildman–Crippen LogP) is 2.32. The zero-order valence-corrected chi connectivity index (χ0v) is 10.0. The van der Waals surface area contributed by atoms with Gasteiger partial charge < -0.3 is 10.1 Å². The minimum atomic E-state index is 0.486. The summed E-state index contributed by atoms with van der Waals surface area (Å²) in [5.74, 6) is 0.690. The van der Waals surface area contributed by atoms with E-state index in [0.717, 1.165) is 15.6 Å². The van der Waals surface area contributed by atoms with Crippen LogP contribution in [0.15, 0.2) is 33.7 Å². The summed E-state index contributed by atoms with van der Waals surface area (Å²) in [6.07, 6.45) is 3.65. The average molecular weight is 257 g/mol. The summed E-state index contributed by atoms with van der Waals surface area (Å²) in [6, 6.07) is 0. The predicted molar refractivity (Wildman–Crippen MR) is 61.6 cm³/mol. The second kappa shape index (κ2) is 4.46. The Kier molecular flexibility index (Phi) is 3.52. The minimum Gasteiger partial charge on any atom is -0.495 e. The van der Waals surface area contributed by atoms with Gasteiger partial charge >= 0.3 is 0 Å². The summed E-state index contributed by atoms with van der Waals surface area (Å²) < 4.78 is 6.10. The third kappa shape index (κ3) is 1.90. The lowest BCUT2D eigenvalue weighted by Gasteiger charge is -2.18. The molecule has 2 N–H and O–H groups in total. The van der Waals surface area contributed by atoms with E-state index in [4.69, 9.17) is 10.1 Å². The molecule has 0 amide bonds. The molecular weight excluding hydrogens is 244 g/mol. The van der Waals surface area contributed by atoms with Crippen molar-refractivity contribution in [2.24, 2.45) is 0 Å². The van der Waals surface area contributed by atoms with Crippen molar-refractivity contribution in [2.75, 3.05) is 14.2 Å². The summed E-state index contributed by atoms with van der Waals surface area (Å²) in [6.45, 7) is 1.90. The molecule has 0 heterocycles. The monoisotopic (exact) mass is 256 g/mol. The molecule has 4 heteroatoms. The fourth-order valence-electron chi connectivity index (χ4n) is 1.27. The van der Waals surface area contributed by atoms with Crippen LogP contribution < -0.4 is 5.32 Å². The van der Waals surface area contributed by atoms with Crippen molar-refractivity contribution in [2.45, 2.75) is 6.92 Å². The lowest BCUT2D eigenvalue weighted by Crippen LogP contribution is -2.14. The molecule has 76 valence electrons. The zero-order valence-electron chi connectivity index (χ0n) is 8.44. The van der Waals surface area contributed by atoms with Gasteiger partial charge in [-0.1, -0.05) is 0 Å². The van der Waals surface area contributed by atoms with E-state index >= 15 is 0 Å². The Balaban J connectivity index is 3.24. The Bertz CT molecular complexity index is 353. The largest absolute Gasteiger partial charge is 0.495 e. The van der Waals surface area contributed by atoms with E-state index in [1.807, 2.05) is 13.0 Å². The Morgan fingerprint density at radius 1 is 1.57 bits per heavy atom. The summed E-state index contributed by atoms with van der Waals surface area (Å²) in [5, 5.41) is 10.8. The minimum absolute atomic E-state index is 0.486. The first-order valence-electron chi connectivity index (χ1n) is 4.21. The number of allylic oxidation sites excluding steroid dienone is 4. The van der Waals surface area contributed by atoms with Crippen LogP contribution in [0.5, 0.6) is 0 Å². The molecule has 0 saturated heterocycles. The lowest BCUT2D eigenvalue weighted by atomic mass is 9.98. The Labute approximate surface area is 92.2 Å². The molecule has 0 atom stereocenters. The van der Waals surface area contributed by atoms with Crippen molar-refractivity contribution in [1.82, 2.24) is 5.32 Å². The number of halogens is 1. The van der Waals surface area contributed by atoms with E-state index in [1.165, 1.54) is 0 Å². The molecule has 0 fully saturated rings. The van der Waals surface area contributed by atoms with Gasteiger partial charge in [0.2, 0.25) is 0 Å². The van der Waals surface area contributed by atoms with Crippen LogP contribution in [0.25, 0.3) is 0 Å². The van der Waals surface area contributed by atoms with E-state index in [-0.39, 0.29) is 0 Å². The van der Waals surface area contributed by atoms with E-state index in [2.05, 4.69) is 21.2 Å². The normalized spacial score (nSPS) is 19.9. The molecule has 1 rings (SSSR count). The van der Waals surface area contributed by atoms with E-state index in [9.17, 15) is 0 Å². The number of ether oxygens (including phenoxy) is 1. The molecule has 0 saturated carbocycles. The first kappa shape index (κ1) is 11.0. The smallest absolute Gasteiger partial charge is 0.143 e. The van der Waals surface area contributed by atoms with Gasteiger partial charge in [-0.05, 0) is 34.5 Å². The van der Waals surface area contributed by atoms with E-state index in [0.29, 0.717) is 11.5 Å². The second-order valence-electron chi connectivity index (χ2n) is 2.93. The fourth-order valence-corrected chi connectivity index (χ4v) is 1.99. The summed E-state index contributed by atoms with van der Waals surface area (Å²) >= 11 is 3.41. The Morgan fingerprint density at radius 3 is 2.71 bits per heavy atom. The highest BCUT2D eigenvalue weighted by Crippen LogP contribution is 2.29. The van der Waals surface area contributed by atoms with Gasteiger partial charge in [0.25, 0.3) is 0 Å². The van der Waals surface area contributed by atoms with Gasteiger partial charge in [0.05, 0.1) is 22.9 Å². The molecule has 0 aromatic rings. The molecule has 1 aliphatic carbocycles. The van der Waals surface area contributed by atoms with Gasteiger partial charge in [0.15, 0.2) is 0 Å². The van der Waals surface area contributed by atoms with Crippen LogP contribution in [0, 0.1) is 5.41 Å². The van der Waals surface area contributed by atoms with Gasteiger partial charge in [-0.3, -0.25) is 5.41 Å². The number of rotatable bonds is 2. The van der Waals surface area contributed by atoms with Gasteiger partial charge in [-0.15, -0.1) is 0 Å². The molecule has 1 aliphatic rings. The molecular formula is C10H13BrN2O. The number of hydrogen-bond donors (Lipinski definition) is 2. The van der Waals surface area contributed by atoms with Crippen molar-refractivity contribution < 1.29 is 4.74 Å². The van der Waals surface area contributed by atoms with E-state index in [1.54, 1.807) is 20.4 Å². The first-order chi connectivity index (χ1) is 6.61. The third-order valence-corrected chi connectivity index (χ3v) is 2.55. The van der Waals surface area contributed by atoms with Crippen molar-refractivity contribution in [3.63, 3.8) is 0 Å². The fraction of sp³-hybridized carbons (Fsp3) is 0.300. The topological polar surface area (TPSA) is 45.1 Å². The molecule has 0 bridgehead atoms. The number of nitrogens with one attached hydrogen (secondary N) is 2. The standard InChI is InChI=1S/C10H13BrN2O/c1-6-4-8(11)10(14-3)7(5-13-2)9(6)12/h4-5,12-13H,1-3H3/b7-5+,12-9?. The summed E-state index contributed by atoms with van der Waals surface area (Å²) in [5.41, 5.74) is 2.17. The van der Waals surface area contributed by atoms with Crippen LogP contribution in [0.1, 0.15) is 6.92 Å². The van der Waals surface area contributed by atoms with Crippen molar-refractivity contribution in [3.8, 4) is 0 Å². The first-order valence-corrected chi connectivity index (χ1v) is 5.00. The molecule has 3 nitrogen and oxygen atoms in total. The maximum atomic E-state index is 7.87. The van der Waals surface area contributed by atoms with Gasteiger partial charge in [-0.2, -0.15) is 0 Å². The van der Waals surface area contributed by atoms with Crippen LogP contribution in [0.4, 0.5) is 0 Å². The number of hydrogen-bond acceptors (Lipinski definition) is 3. The molecule has 0 radical (unpaired) electrons. The molecule has 14 heavy (non-hydrogen) atoms. The van der Waals surface area contributed by atoms with Crippen LogP contribution in [0.3, 0.4) is 0 Å². The molecule has 0 unspecified atom stereocenters. The molecule has 0 spiro atoms. The van der Waals surface area contributed by atoms with E-state index < -0.39 is 0 Å². The second-order valence-corrected chi connectivity index (χ2v) is 3.78. The summed E-state index contributed by atoms with van der Waals surface area (Å²) in [4.78, 5) is 0. The lowest BCUT2D eigenvalue weighted by molar-refractivity contribution is 0.302. The summed E-state index contributed by atoms with van der Waals surface area (Å²) in [7, 11) is 3.40. The van der Waals surface area contributed by atoms with Gasteiger partial charge in [0, 0.05) is 13.2 Å². The highest BCUT2D eigenvalue weighted by molar-refractivity contribution is 9.11. The molecule has 0 aromatic carbocycles. The third-order valence-electron chi connectivity index (χ3n) is 1.96. The quantitative estimate of drug-likeness (QED) is 0.797. The molecule has 0 aromatic heterocycles. The highest BCUT2D eigenvalue weighted by atomic mass is 79.9. The molecule has 0 aliphatic heterocycles. The van der Waals surface area contributed by atoms with Crippen LogP contribution >= 0.6 is 15.9 Å². The van der Waals surface area contributed by atoms with Crippen molar-refractivity contribution in [1.29, 1.82) is 5.41 Å². The maximum absolute atomic E-state index is 7.87. The van der Waals surface area contributed by atoms with Gasteiger partial charge in [0.1, 0.15) is 5.76 Å². The number of methoxy groups -OCH3 is 1. The zero-order chi connectivity index (χ0) is 10.7. The SMILES string of the molecule is CN/C=C1\C(=N)C(C)=CC(Br)=C1OC. The highest BCUT2D eigenvalue weighted by Gasteiger charge is 2.20. The maximum Gasteiger partial charge on any atom is 0.143 e. The van der Waals surface area contributed by atoms with Crippen LogP contribution in [-0.2, 0) is 4.74 Å². The van der Waals surface area contributed by atoms with Crippen LogP contribution in [0.2, 0.25) is 0 Å².